The molecule has 0 radical (unpaired) electrons. The Labute approximate surface area is 121 Å². The molecule has 2 rings (SSSR count). The highest BCUT2D eigenvalue weighted by atomic mass is 32.2. The van der Waals surface area contributed by atoms with Crippen molar-refractivity contribution in [1.82, 2.24) is 0 Å². The van der Waals surface area contributed by atoms with Gasteiger partial charge in [0.25, 0.3) is 10.1 Å². The quantitative estimate of drug-likeness (QED) is 0.664. The fourth-order valence-electron chi connectivity index (χ4n) is 1.88. The molecule has 0 heterocycles. The standard InChI is InChI=1S/C14H9N3O3S/c15-7-10(8-16)9-17-12-5-1-3-11-4-2-6-13(14(11)12)21(18,19)20/h1-6,9,17H,(H,18,19,20). The number of hydrogen-bond donors (Lipinski definition) is 2. The van der Waals surface area contributed by atoms with Crippen LogP contribution in [0.2, 0.25) is 0 Å². The van der Waals surface area contributed by atoms with Crippen LogP contribution in [-0.4, -0.2) is 13.0 Å². The van der Waals surface area contributed by atoms with Gasteiger partial charge in [-0.3, -0.25) is 4.55 Å². The number of rotatable bonds is 3. The van der Waals surface area contributed by atoms with Gasteiger partial charge in [0, 0.05) is 17.3 Å². The van der Waals surface area contributed by atoms with Crippen LogP contribution in [-0.2, 0) is 10.1 Å². The van der Waals surface area contributed by atoms with E-state index in [4.69, 9.17) is 10.5 Å². The lowest BCUT2D eigenvalue weighted by Crippen LogP contribution is -2.01. The van der Waals surface area contributed by atoms with Crippen molar-refractivity contribution in [2.45, 2.75) is 4.90 Å². The zero-order valence-corrected chi connectivity index (χ0v) is 11.4. The predicted molar refractivity (Wildman–Crippen MR) is 76.7 cm³/mol. The highest BCUT2D eigenvalue weighted by Crippen LogP contribution is 2.30. The van der Waals surface area contributed by atoms with Crippen LogP contribution in [0.5, 0.6) is 0 Å². The van der Waals surface area contributed by atoms with Gasteiger partial charge in [-0.15, -0.1) is 0 Å². The molecule has 2 N–H and O–H groups in total. The third kappa shape index (κ3) is 3.00. The molecule has 6 nitrogen and oxygen atoms in total. The number of nitriles is 2. The first kappa shape index (κ1) is 14.5. The highest BCUT2D eigenvalue weighted by Gasteiger charge is 2.16. The van der Waals surface area contributed by atoms with E-state index in [2.05, 4.69) is 5.32 Å². The van der Waals surface area contributed by atoms with Crippen molar-refractivity contribution in [1.29, 1.82) is 10.5 Å². The summed E-state index contributed by atoms with van der Waals surface area (Å²) in [5.74, 6) is 0. The minimum Gasteiger partial charge on any atom is -0.359 e. The maximum absolute atomic E-state index is 11.5. The Morgan fingerprint density at radius 1 is 1.14 bits per heavy atom. The summed E-state index contributed by atoms with van der Waals surface area (Å²) in [6.07, 6.45) is 1.18. The molecule has 7 heteroatoms. The van der Waals surface area contributed by atoms with E-state index < -0.39 is 10.1 Å². The smallest absolute Gasteiger partial charge is 0.295 e. The molecular weight excluding hydrogens is 290 g/mol. The van der Waals surface area contributed by atoms with E-state index in [1.165, 1.54) is 18.3 Å². The van der Waals surface area contributed by atoms with Gasteiger partial charge in [0.2, 0.25) is 0 Å². The van der Waals surface area contributed by atoms with Gasteiger partial charge in [0.1, 0.15) is 22.6 Å². The Balaban J connectivity index is 2.69. The van der Waals surface area contributed by atoms with Gasteiger partial charge in [-0.1, -0.05) is 24.3 Å². The maximum atomic E-state index is 11.5. The molecule has 0 saturated carbocycles. The van der Waals surface area contributed by atoms with Gasteiger partial charge in [0.05, 0.1) is 0 Å². The van der Waals surface area contributed by atoms with Crippen LogP contribution in [0.15, 0.2) is 53.1 Å². The summed E-state index contributed by atoms with van der Waals surface area (Å²) in [6, 6.07) is 12.8. The average molecular weight is 299 g/mol. The van der Waals surface area contributed by atoms with Crippen LogP contribution < -0.4 is 5.32 Å². The number of hydrogen-bond acceptors (Lipinski definition) is 5. The number of nitrogens with zero attached hydrogens (tertiary/aromatic N) is 2. The van der Waals surface area contributed by atoms with Crippen LogP contribution in [0.25, 0.3) is 10.8 Å². The zero-order chi connectivity index (χ0) is 15.5. The molecule has 0 aromatic heterocycles. The van der Waals surface area contributed by atoms with Crippen molar-refractivity contribution in [2.24, 2.45) is 0 Å². The predicted octanol–water partition coefficient (Wildman–Crippen LogP) is 2.43. The summed E-state index contributed by atoms with van der Waals surface area (Å²) in [6.45, 7) is 0. The van der Waals surface area contributed by atoms with E-state index in [0.29, 0.717) is 11.1 Å². The van der Waals surface area contributed by atoms with Crippen LogP contribution >= 0.6 is 0 Å². The van der Waals surface area contributed by atoms with Gasteiger partial charge < -0.3 is 5.32 Å². The number of anilines is 1. The van der Waals surface area contributed by atoms with Crippen LogP contribution in [0.4, 0.5) is 5.69 Å². The largest absolute Gasteiger partial charge is 0.359 e. The molecule has 2 aromatic rings. The minimum atomic E-state index is -4.39. The van der Waals surface area contributed by atoms with Gasteiger partial charge in [-0.25, -0.2) is 0 Å². The molecular formula is C14H9N3O3S. The van der Waals surface area contributed by atoms with Crippen molar-refractivity contribution in [2.75, 3.05) is 5.32 Å². The Bertz CT molecular complexity index is 897. The summed E-state index contributed by atoms with van der Waals surface area (Å²) in [5, 5.41) is 21.0. The molecule has 0 spiro atoms. The number of nitrogens with one attached hydrogen (secondary N) is 1. The van der Waals surface area contributed by atoms with Gasteiger partial charge in [-0.2, -0.15) is 18.9 Å². The van der Waals surface area contributed by atoms with Crippen LogP contribution in [0.3, 0.4) is 0 Å². The fourth-order valence-corrected chi connectivity index (χ4v) is 2.62. The van der Waals surface area contributed by atoms with E-state index in [1.807, 2.05) is 0 Å². The third-order valence-electron chi connectivity index (χ3n) is 2.76. The Morgan fingerprint density at radius 2 is 1.76 bits per heavy atom. The topological polar surface area (TPSA) is 114 Å². The molecule has 0 bridgehead atoms. The van der Waals surface area contributed by atoms with Crippen LogP contribution in [0.1, 0.15) is 0 Å². The van der Waals surface area contributed by atoms with E-state index in [-0.39, 0.29) is 15.9 Å². The molecule has 0 aliphatic heterocycles. The van der Waals surface area contributed by atoms with Gasteiger partial charge >= 0.3 is 0 Å². The van der Waals surface area contributed by atoms with Crippen molar-refractivity contribution in [3.05, 3.63) is 48.2 Å². The van der Waals surface area contributed by atoms with Gasteiger partial charge in [-0.05, 0) is 17.5 Å². The third-order valence-corrected chi connectivity index (χ3v) is 3.65. The zero-order valence-electron chi connectivity index (χ0n) is 10.6. The lowest BCUT2D eigenvalue weighted by atomic mass is 10.1. The molecule has 0 aliphatic rings. The lowest BCUT2D eigenvalue weighted by Gasteiger charge is -2.09. The minimum absolute atomic E-state index is 0.156. The average Bonchev–Trinajstić information content (AvgIpc) is 2.46. The Morgan fingerprint density at radius 3 is 2.33 bits per heavy atom. The van der Waals surface area contributed by atoms with E-state index in [0.717, 1.165) is 0 Å². The Hall–Kier alpha value is -2.87. The second-order valence-corrected chi connectivity index (χ2v) is 5.45. The molecule has 21 heavy (non-hydrogen) atoms. The highest BCUT2D eigenvalue weighted by molar-refractivity contribution is 7.86. The molecule has 104 valence electrons. The first-order valence-electron chi connectivity index (χ1n) is 5.73. The molecule has 0 amide bonds. The van der Waals surface area contributed by atoms with Gasteiger partial charge in [0.15, 0.2) is 0 Å². The van der Waals surface area contributed by atoms with Crippen molar-refractivity contribution < 1.29 is 13.0 Å². The second-order valence-electron chi connectivity index (χ2n) is 4.06. The lowest BCUT2D eigenvalue weighted by molar-refractivity contribution is 0.484. The molecule has 0 fully saturated rings. The molecule has 0 aliphatic carbocycles. The monoisotopic (exact) mass is 299 g/mol. The Kier molecular flexibility index (Phi) is 3.90. The van der Waals surface area contributed by atoms with Crippen molar-refractivity contribution >= 4 is 26.6 Å². The summed E-state index contributed by atoms with van der Waals surface area (Å²) in [4.78, 5) is -0.244. The van der Waals surface area contributed by atoms with Crippen molar-refractivity contribution in [3.8, 4) is 12.1 Å². The van der Waals surface area contributed by atoms with Crippen molar-refractivity contribution in [3.63, 3.8) is 0 Å². The first-order valence-corrected chi connectivity index (χ1v) is 7.17. The number of allylic oxidation sites excluding steroid dienone is 1. The van der Waals surface area contributed by atoms with E-state index in [9.17, 15) is 13.0 Å². The SMILES string of the molecule is N#CC(C#N)=CNc1cccc2cccc(S(=O)(=O)O)c12. The maximum Gasteiger partial charge on any atom is 0.295 e. The molecule has 0 atom stereocenters. The first-order chi connectivity index (χ1) is 9.97. The number of benzene rings is 2. The molecule has 2 aromatic carbocycles. The summed E-state index contributed by atoms with van der Waals surface area (Å²) < 4.78 is 32.2. The second kappa shape index (κ2) is 5.63. The summed E-state index contributed by atoms with van der Waals surface area (Å²) in [5.41, 5.74) is 0.208. The van der Waals surface area contributed by atoms with E-state index in [1.54, 1.807) is 36.4 Å². The molecule has 0 unspecified atom stereocenters. The summed E-state index contributed by atoms with van der Waals surface area (Å²) in [7, 11) is -4.39. The normalized spacial score (nSPS) is 10.4. The molecule has 0 saturated heterocycles. The summed E-state index contributed by atoms with van der Waals surface area (Å²) >= 11 is 0. The van der Waals surface area contributed by atoms with E-state index >= 15 is 0 Å². The fraction of sp³-hybridized carbons (Fsp3) is 0. The van der Waals surface area contributed by atoms with Crippen LogP contribution in [0, 0.1) is 22.7 Å². The number of fused-ring (bicyclic) bond motifs is 1.